The normalized spacial score (nSPS) is 16.2. The standard InChI is InChI=1S/C29H42N2O5S/c1-4-25(10-7-9-21-31-20-8-5-6-11-29(31)32)30-23(2)22-24-12-14-27(15-13-24)36-37(33,34)28-18-16-26(35-3)17-19-28/h12-19,23,25,30H,4-11,20-22H2,1-3H3. The molecule has 0 spiro atoms. The fourth-order valence-corrected chi connectivity index (χ4v) is 5.72. The minimum absolute atomic E-state index is 0.0823. The first-order valence-electron chi connectivity index (χ1n) is 13.5. The third kappa shape index (κ3) is 9.34. The van der Waals surface area contributed by atoms with E-state index in [-0.39, 0.29) is 16.7 Å². The molecule has 0 radical (unpaired) electrons. The molecule has 0 saturated carbocycles. The van der Waals surface area contributed by atoms with E-state index in [0.29, 0.717) is 24.1 Å². The molecule has 1 aliphatic heterocycles. The lowest BCUT2D eigenvalue weighted by Crippen LogP contribution is -2.37. The number of hydrogen-bond donors (Lipinski definition) is 1. The van der Waals surface area contributed by atoms with Gasteiger partial charge in [-0.15, -0.1) is 0 Å². The Morgan fingerprint density at radius 2 is 1.68 bits per heavy atom. The summed E-state index contributed by atoms with van der Waals surface area (Å²) in [5.41, 5.74) is 1.11. The topological polar surface area (TPSA) is 84.9 Å². The van der Waals surface area contributed by atoms with Crippen molar-refractivity contribution in [3.8, 4) is 11.5 Å². The zero-order chi connectivity index (χ0) is 26.7. The summed E-state index contributed by atoms with van der Waals surface area (Å²) in [6.45, 7) is 6.19. The third-order valence-electron chi connectivity index (χ3n) is 6.93. The van der Waals surface area contributed by atoms with E-state index in [1.54, 1.807) is 24.3 Å². The van der Waals surface area contributed by atoms with Gasteiger partial charge in [0.15, 0.2) is 0 Å². The first kappa shape index (κ1) is 29.0. The van der Waals surface area contributed by atoms with E-state index in [1.165, 1.54) is 25.7 Å². The number of amides is 1. The molecule has 1 heterocycles. The fraction of sp³-hybridized carbons (Fsp3) is 0.552. The van der Waals surface area contributed by atoms with Gasteiger partial charge < -0.3 is 19.1 Å². The van der Waals surface area contributed by atoms with Crippen molar-refractivity contribution in [2.45, 2.75) is 88.6 Å². The van der Waals surface area contributed by atoms with E-state index in [1.807, 2.05) is 12.1 Å². The van der Waals surface area contributed by atoms with E-state index < -0.39 is 10.1 Å². The molecule has 3 rings (SSSR count). The Bertz CT molecular complexity index is 1070. The molecular weight excluding hydrogens is 488 g/mol. The fourth-order valence-electron chi connectivity index (χ4n) is 4.79. The lowest BCUT2D eigenvalue weighted by Gasteiger charge is -2.24. The summed E-state index contributed by atoms with van der Waals surface area (Å²) >= 11 is 0. The lowest BCUT2D eigenvalue weighted by atomic mass is 10.0. The molecule has 2 atom stereocenters. The van der Waals surface area contributed by atoms with Gasteiger partial charge in [0.1, 0.15) is 16.4 Å². The Morgan fingerprint density at radius 1 is 0.973 bits per heavy atom. The van der Waals surface area contributed by atoms with Crippen molar-refractivity contribution in [1.29, 1.82) is 0 Å². The number of nitrogens with zero attached hydrogens (tertiary/aromatic N) is 1. The summed E-state index contributed by atoms with van der Waals surface area (Å²) in [4.78, 5) is 14.3. The molecule has 1 N–H and O–H groups in total. The van der Waals surface area contributed by atoms with Crippen LogP contribution in [-0.4, -0.2) is 51.5 Å². The molecule has 2 aromatic rings. The maximum Gasteiger partial charge on any atom is 0.339 e. The van der Waals surface area contributed by atoms with Gasteiger partial charge >= 0.3 is 10.1 Å². The van der Waals surface area contributed by atoms with Crippen LogP contribution in [-0.2, 0) is 21.3 Å². The van der Waals surface area contributed by atoms with Crippen LogP contribution in [0.3, 0.4) is 0 Å². The second-order valence-corrected chi connectivity index (χ2v) is 11.5. The highest BCUT2D eigenvalue weighted by molar-refractivity contribution is 7.87. The Morgan fingerprint density at radius 3 is 2.35 bits per heavy atom. The van der Waals surface area contributed by atoms with Gasteiger partial charge in [-0.05, 0) is 87.4 Å². The van der Waals surface area contributed by atoms with E-state index in [4.69, 9.17) is 8.92 Å². The number of hydrogen-bond acceptors (Lipinski definition) is 6. The lowest BCUT2D eigenvalue weighted by molar-refractivity contribution is -0.130. The maximum atomic E-state index is 12.6. The van der Waals surface area contributed by atoms with Gasteiger partial charge in [0.25, 0.3) is 0 Å². The highest BCUT2D eigenvalue weighted by Gasteiger charge is 2.18. The highest BCUT2D eigenvalue weighted by Crippen LogP contribution is 2.22. The Balaban J connectivity index is 1.42. The minimum atomic E-state index is -3.91. The zero-order valence-electron chi connectivity index (χ0n) is 22.4. The predicted molar refractivity (Wildman–Crippen MR) is 147 cm³/mol. The number of rotatable bonds is 14. The number of carbonyl (C=O) groups is 1. The number of likely N-dealkylation sites (tertiary alicyclic amines) is 1. The van der Waals surface area contributed by atoms with Crippen molar-refractivity contribution in [1.82, 2.24) is 10.2 Å². The van der Waals surface area contributed by atoms with Crippen LogP contribution in [0.5, 0.6) is 11.5 Å². The van der Waals surface area contributed by atoms with E-state index in [9.17, 15) is 13.2 Å². The summed E-state index contributed by atoms with van der Waals surface area (Å²) in [6, 6.07) is 14.1. The summed E-state index contributed by atoms with van der Waals surface area (Å²) in [6.07, 6.45) is 9.20. The van der Waals surface area contributed by atoms with Gasteiger partial charge in [0, 0.05) is 31.6 Å². The van der Waals surface area contributed by atoms with Crippen LogP contribution in [0.4, 0.5) is 0 Å². The SMILES string of the molecule is CCC(CCCCN1CCCCCC1=O)NC(C)Cc1ccc(OS(=O)(=O)c2ccc(OC)cc2)cc1. The molecule has 2 unspecified atom stereocenters. The Labute approximate surface area is 222 Å². The number of benzene rings is 2. The smallest absolute Gasteiger partial charge is 0.339 e. The highest BCUT2D eigenvalue weighted by atomic mass is 32.2. The molecule has 204 valence electrons. The van der Waals surface area contributed by atoms with Gasteiger partial charge in [0.2, 0.25) is 5.91 Å². The van der Waals surface area contributed by atoms with Crippen LogP contribution in [0.15, 0.2) is 53.4 Å². The number of unbranched alkanes of at least 4 members (excludes halogenated alkanes) is 1. The van der Waals surface area contributed by atoms with Gasteiger partial charge in [-0.3, -0.25) is 4.79 Å². The molecule has 1 aliphatic rings. The molecule has 0 aliphatic carbocycles. The monoisotopic (exact) mass is 530 g/mol. The van der Waals surface area contributed by atoms with Gasteiger partial charge in [0.05, 0.1) is 7.11 Å². The first-order chi connectivity index (χ1) is 17.8. The predicted octanol–water partition coefficient (Wildman–Crippen LogP) is 5.34. The van der Waals surface area contributed by atoms with Crippen LogP contribution in [0.25, 0.3) is 0 Å². The molecule has 37 heavy (non-hydrogen) atoms. The van der Waals surface area contributed by atoms with Crippen LogP contribution in [0, 0.1) is 0 Å². The molecular formula is C29H42N2O5S. The van der Waals surface area contributed by atoms with E-state index in [0.717, 1.165) is 63.6 Å². The first-order valence-corrected chi connectivity index (χ1v) is 14.9. The summed E-state index contributed by atoms with van der Waals surface area (Å²) in [5.74, 6) is 1.20. The van der Waals surface area contributed by atoms with Gasteiger partial charge in [-0.1, -0.05) is 31.9 Å². The average molecular weight is 531 g/mol. The van der Waals surface area contributed by atoms with Crippen LogP contribution < -0.4 is 14.2 Å². The van der Waals surface area contributed by atoms with Crippen molar-refractivity contribution in [2.24, 2.45) is 0 Å². The van der Waals surface area contributed by atoms with Crippen LogP contribution in [0.1, 0.15) is 70.8 Å². The van der Waals surface area contributed by atoms with Crippen molar-refractivity contribution >= 4 is 16.0 Å². The largest absolute Gasteiger partial charge is 0.497 e. The average Bonchev–Trinajstić information content (AvgIpc) is 3.10. The number of methoxy groups -OCH3 is 1. The molecule has 1 fully saturated rings. The number of carbonyl (C=O) groups excluding carboxylic acids is 1. The molecule has 8 heteroatoms. The second kappa shape index (κ2) is 14.4. The molecule has 0 bridgehead atoms. The zero-order valence-corrected chi connectivity index (χ0v) is 23.3. The minimum Gasteiger partial charge on any atom is -0.497 e. The van der Waals surface area contributed by atoms with Gasteiger partial charge in [-0.25, -0.2) is 0 Å². The number of nitrogens with one attached hydrogen (secondary N) is 1. The molecule has 1 saturated heterocycles. The van der Waals surface area contributed by atoms with Crippen molar-refractivity contribution in [3.05, 3.63) is 54.1 Å². The van der Waals surface area contributed by atoms with Gasteiger partial charge in [-0.2, -0.15) is 8.42 Å². The molecule has 0 aromatic heterocycles. The van der Waals surface area contributed by atoms with Crippen LogP contribution in [0.2, 0.25) is 0 Å². The van der Waals surface area contributed by atoms with Crippen LogP contribution >= 0.6 is 0 Å². The molecule has 1 amide bonds. The Hall–Kier alpha value is -2.58. The van der Waals surface area contributed by atoms with Crippen molar-refractivity contribution < 1.29 is 22.1 Å². The molecule has 7 nitrogen and oxygen atoms in total. The molecule has 2 aromatic carbocycles. The van der Waals surface area contributed by atoms with Crippen molar-refractivity contribution in [3.63, 3.8) is 0 Å². The van der Waals surface area contributed by atoms with Crippen molar-refractivity contribution in [2.75, 3.05) is 20.2 Å². The summed E-state index contributed by atoms with van der Waals surface area (Å²) in [7, 11) is -2.38. The van der Waals surface area contributed by atoms with E-state index in [2.05, 4.69) is 24.1 Å². The summed E-state index contributed by atoms with van der Waals surface area (Å²) in [5, 5.41) is 3.74. The Kier molecular flexibility index (Phi) is 11.3. The quantitative estimate of drug-likeness (QED) is 0.262. The number of ether oxygens (including phenoxy) is 1. The second-order valence-electron chi connectivity index (χ2n) is 9.92. The third-order valence-corrected chi connectivity index (χ3v) is 8.20. The summed E-state index contributed by atoms with van der Waals surface area (Å²) < 4.78 is 35.5. The maximum absolute atomic E-state index is 12.6. The van der Waals surface area contributed by atoms with E-state index >= 15 is 0 Å².